The van der Waals surface area contributed by atoms with Crippen LogP contribution in [-0.4, -0.2) is 29.9 Å². The van der Waals surface area contributed by atoms with Gasteiger partial charge in [-0.2, -0.15) is 5.26 Å². The van der Waals surface area contributed by atoms with Crippen molar-refractivity contribution in [1.82, 2.24) is 10.2 Å². The van der Waals surface area contributed by atoms with Gasteiger partial charge in [0.2, 0.25) is 5.91 Å². The van der Waals surface area contributed by atoms with Gasteiger partial charge in [0.25, 0.3) is 0 Å². The van der Waals surface area contributed by atoms with Gasteiger partial charge in [-0.05, 0) is 62.5 Å². The number of hydrogen-bond donors (Lipinski definition) is 1. The molecule has 1 amide bonds. The van der Waals surface area contributed by atoms with E-state index in [2.05, 4.69) is 40.6 Å². The van der Waals surface area contributed by atoms with Gasteiger partial charge in [0.05, 0.1) is 11.6 Å². The van der Waals surface area contributed by atoms with Crippen LogP contribution in [0.3, 0.4) is 0 Å². The molecule has 0 unspecified atom stereocenters. The highest BCUT2D eigenvalue weighted by Crippen LogP contribution is 2.25. The highest BCUT2D eigenvalue weighted by Gasteiger charge is 2.25. The van der Waals surface area contributed by atoms with Crippen LogP contribution in [-0.2, 0) is 11.3 Å². The summed E-state index contributed by atoms with van der Waals surface area (Å²) in [5, 5.41) is 12.3. The average molecular weight is 361 g/mol. The number of nitrogens with one attached hydrogen (secondary N) is 1. The van der Waals surface area contributed by atoms with Crippen LogP contribution in [0.15, 0.2) is 48.5 Å². The number of hydrogen-bond acceptors (Lipinski definition) is 3. The maximum atomic E-state index is 12.1. The minimum atomic E-state index is 0.147. The predicted molar refractivity (Wildman–Crippen MR) is 108 cm³/mol. The zero-order valence-corrected chi connectivity index (χ0v) is 16.1. The van der Waals surface area contributed by atoms with Crippen molar-refractivity contribution in [3.63, 3.8) is 0 Å². The molecule has 27 heavy (non-hydrogen) atoms. The molecule has 0 saturated carbocycles. The summed E-state index contributed by atoms with van der Waals surface area (Å²) in [7, 11) is 0. The molecule has 0 radical (unpaired) electrons. The maximum Gasteiger partial charge on any atom is 0.223 e. The van der Waals surface area contributed by atoms with E-state index in [-0.39, 0.29) is 17.9 Å². The number of likely N-dealkylation sites (tertiary alicyclic amines) is 1. The standard InChI is InChI=1S/C23H27N3O/c1-17(2)25-23(27)20-11-13-26(14-12-20)16-18-7-9-19(10-8-18)22-6-4-3-5-21(22)15-24/h3-10,17,20H,11-14,16H2,1-2H3,(H,25,27). The number of carbonyl (C=O) groups excluding carboxylic acids is 1. The van der Waals surface area contributed by atoms with Crippen molar-refractivity contribution < 1.29 is 4.79 Å². The first-order chi connectivity index (χ1) is 13.1. The Morgan fingerprint density at radius 2 is 1.81 bits per heavy atom. The summed E-state index contributed by atoms with van der Waals surface area (Å²) in [5.74, 6) is 0.346. The van der Waals surface area contributed by atoms with Gasteiger partial charge >= 0.3 is 0 Å². The van der Waals surface area contributed by atoms with Gasteiger partial charge in [-0.3, -0.25) is 9.69 Å². The maximum absolute atomic E-state index is 12.1. The van der Waals surface area contributed by atoms with E-state index < -0.39 is 0 Å². The molecule has 0 spiro atoms. The number of carbonyl (C=O) groups is 1. The Kier molecular flexibility index (Phi) is 6.26. The van der Waals surface area contributed by atoms with E-state index >= 15 is 0 Å². The van der Waals surface area contributed by atoms with E-state index in [1.165, 1.54) is 5.56 Å². The fraction of sp³-hybridized carbons (Fsp3) is 0.391. The Labute approximate surface area is 161 Å². The van der Waals surface area contributed by atoms with E-state index in [0.29, 0.717) is 5.56 Å². The molecule has 3 rings (SSSR count). The third kappa shape index (κ3) is 4.96. The van der Waals surface area contributed by atoms with Crippen LogP contribution in [0.2, 0.25) is 0 Å². The molecule has 2 aromatic carbocycles. The smallest absolute Gasteiger partial charge is 0.223 e. The number of benzene rings is 2. The molecule has 4 nitrogen and oxygen atoms in total. The van der Waals surface area contributed by atoms with Gasteiger partial charge in [-0.1, -0.05) is 42.5 Å². The Bertz CT molecular complexity index is 812. The van der Waals surface area contributed by atoms with Crippen molar-refractivity contribution in [2.24, 2.45) is 5.92 Å². The number of nitrogens with zero attached hydrogens (tertiary/aromatic N) is 2. The molecule has 1 fully saturated rings. The Morgan fingerprint density at radius 1 is 1.15 bits per heavy atom. The molecule has 1 saturated heterocycles. The highest BCUT2D eigenvalue weighted by atomic mass is 16.1. The van der Waals surface area contributed by atoms with Crippen molar-refractivity contribution in [2.75, 3.05) is 13.1 Å². The van der Waals surface area contributed by atoms with E-state index in [1.807, 2.05) is 38.1 Å². The van der Waals surface area contributed by atoms with E-state index in [4.69, 9.17) is 0 Å². The number of rotatable bonds is 5. The summed E-state index contributed by atoms with van der Waals surface area (Å²) >= 11 is 0. The van der Waals surface area contributed by atoms with Crippen LogP contribution in [0.1, 0.15) is 37.8 Å². The summed E-state index contributed by atoms with van der Waals surface area (Å²) in [6.45, 7) is 6.82. The third-order valence-corrected chi connectivity index (χ3v) is 5.11. The monoisotopic (exact) mass is 361 g/mol. The fourth-order valence-electron chi connectivity index (χ4n) is 3.64. The summed E-state index contributed by atoms with van der Waals surface area (Å²) in [6, 6.07) is 18.6. The lowest BCUT2D eigenvalue weighted by Crippen LogP contribution is -2.42. The van der Waals surface area contributed by atoms with Crippen LogP contribution in [0, 0.1) is 17.2 Å². The minimum absolute atomic E-state index is 0.147. The van der Waals surface area contributed by atoms with Gasteiger partial charge in [0.1, 0.15) is 0 Å². The topological polar surface area (TPSA) is 56.1 Å². The largest absolute Gasteiger partial charge is 0.354 e. The molecule has 1 heterocycles. The molecular formula is C23H27N3O. The molecule has 140 valence electrons. The van der Waals surface area contributed by atoms with E-state index in [1.54, 1.807) is 0 Å². The summed E-state index contributed by atoms with van der Waals surface area (Å²) in [4.78, 5) is 14.6. The molecule has 0 bridgehead atoms. The first-order valence-electron chi connectivity index (χ1n) is 9.68. The second kappa shape index (κ2) is 8.83. The molecule has 4 heteroatoms. The average Bonchev–Trinajstić information content (AvgIpc) is 2.68. The van der Waals surface area contributed by atoms with Crippen LogP contribution < -0.4 is 5.32 Å². The molecule has 2 aromatic rings. The molecule has 1 aliphatic heterocycles. The lowest BCUT2D eigenvalue weighted by Gasteiger charge is -2.31. The minimum Gasteiger partial charge on any atom is -0.354 e. The first kappa shape index (κ1) is 19.1. The Balaban J connectivity index is 1.57. The normalized spacial score (nSPS) is 15.5. The number of nitriles is 1. The van der Waals surface area contributed by atoms with Crippen LogP contribution in [0.5, 0.6) is 0 Å². The molecular weight excluding hydrogens is 334 g/mol. The fourth-order valence-corrected chi connectivity index (χ4v) is 3.64. The van der Waals surface area contributed by atoms with E-state index in [0.717, 1.165) is 43.6 Å². The number of amides is 1. The first-order valence-corrected chi connectivity index (χ1v) is 9.68. The van der Waals surface area contributed by atoms with Crippen LogP contribution in [0.4, 0.5) is 0 Å². The van der Waals surface area contributed by atoms with Crippen molar-refractivity contribution in [1.29, 1.82) is 5.26 Å². The Morgan fingerprint density at radius 3 is 2.44 bits per heavy atom. The quantitative estimate of drug-likeness (QED) is 0.877. The van der Waals surface area contributed by atoms with Gasteiger partial charge in [-0.25, -0.2) is 0 Å². The van der Waals surface area contributed by atoms with Gasteiger partial charge in [0, 0.05) is 18.5 Å². The van der Waals surface area contributed by atoms with Crippen LogP contribution in [0.25, 0.3) is 11.1 Å². The van der Waals surface area contributed by atoms with Crippen LogP contribution >= 0.6 is 0 Å². The second-order valence-electron chi connectivity index (χ2n) is 7.57. The van der Waals surface area contributed by atoms with Gasteiger partial charge < -0.3 is 5.32 Å². The molecule has 0 aliphatic carbocycles. The lowest BCUT2D eigenvalue weighted by molar-refractivity contribution is -0.127. The predicted octanol–water partition coefficient (Wildman–Crippen LogP) is 3.96. The van der Waals surface area contributed by atoms with Crippen molar-refractivity contribution in [3.8, 4) is 17.2 Å². The third-order valence-electron chi connectivity index (χ3n) is 5.11. The molecule has 0 atom stereocenters. The molecule has 0 aromatic heterocycles. The molecule has 1 aliphatic rings. The lowest BCUT2D eigenvalue weighted by atomic mass is 9.95. The summed E-state index contributed by atoms with van der Waals surface area (Å²) in [5.41, 5.74) is 4.01. The van der Waals surface area contributed by atoms with E-state index in [9.17, 15) is 10.1 Å². The summed E-state index contributed by atoms with van der Waals surface area (Å²) in [6.07, 6.45) is 1.85. The second-order valence-corrected chi connectivity index (χ2v) is 7.57. The van der Waals surface area contributed by atoms with Gasteiger partial charge in [-0.15, -0.1) is 0 Å². The molecule has 1 N–H and O–H groups in total. The zero-order valence-electron chi connectivity index (χ0n) is 16.1. The van der Waals surface area contributed by atoms with Crippen molar-refractivity contribution >= 4 is 5.91 Å². The highest BCUT2D eigenvalue weighted by molar-refractivity contribution is 5.79. The zero-order chi connectivity index (χ0) is 19.2. The van der Waals surface area contributed by atoms with Crippen molar-refractivity contribution in [3.05, 3.63) is 59.7 Å². The summed E-state index contributed by atoms with van der Waals surface area (Å²) < 4.78 is 0. The van der Waals surface area contributed by atoms with Gasteiger partial charge in [0.15, 0.2) is 0 Å². The Hall–Kier alpha value is -2.64. The van der Waals surface area contributed by atoms with Crippen molar-refractivity contribution in [2.45, 2.75) is 39.3 Å². The number of piperidine rings is 1. The SMILES string of the molecule is CC(C)NC(=O)C1CCN(Cc2ccc(-c3ccccc3C#N)cc2)CC1.